The average Bonchev–Trinajstić information content (AvgIpc) is 2.91. The minimum absolute atomic E-state index is 0.0398. The van der Waals surface area contributed by atoms with E-state index in [9.17, 15) is 4.79 Å². The van der Waals surface area contributed by atoms with Crippen molar-refractivity contribution in [1.29, 1.82) is 0 Å². The molecule has 0 spiro atoms. The number of rotatable bonds is 3. The number of carboxylic acids is 1. The molecule has 1 unspecified atom stereocenters. The summed E-state index contributed by atoms with van der Waals surface area (Å²) in [6, 6.07) is 2.19. The molecular formula is C18H21BrO4. The van der Waals surface area contributed by atoms with Crippen LogP contribution in [-0.4, -0.2) is 17.4 Å². The molecule has 1 N–H and O–H groups in total. The summed E-state index contributed by atoms with van der Waals surface area (Å²) in [5, 5.41) is 8.97. The van der Waals surface area contributed by atoms with Crippen LogP contribution in [0.2, 0.25) is 0 Å². The summed E-state index contributed by atoms with van der Waals surface area (Å²) in [7, 11) is 0. The van der Waals surface area contributed by atoms with Crippen molar-refractivity contribution in [3.05, 3.63) is 39.1 Å². The molecule has 0 amide bonds. The minimum atomic E-state index is -1.06. The highest BCUT2D eigenvalue weighted by Gasteiger charge is 2.33. The highest BCUT2D eigenvalue weighted by molar-refractivity contribution is 9.10. The predicted octanol–water partition coefficient (Wildman–Crippen LogP) is 4.47. The van der Waals surface area contributed by atoms with Crippen LogP contribution in [0.1, 0.15) is 49.8 Å². The number of aliphatic carboxylic acids is 1. The first-order valence-corrected chi connectivity index (χ1v) is 8.68. The van der Waals surface area contributed by atoms with Gasteiger partial charge < -0.3 is 14.6 Å². The molecule has 0 fully saturated rings. The van der Waals surface area contributed by atoms with Gasteiger partial charge >= 0.3 is 5.97 Å². The monoisotopic (exact) mass is 380 g/mol. The van der Waals surface area contributed by atoms with Gasteiger partial charge in [-0.25, -0.2) is 4.79 Å². The van der Waals surface area contributed by atoms with Crippen LogP contribution in [0.25, 0.3) is 0 Å². The largest absolute Gasteiger partial charge is 0.475 e. The number of ether oxygens (including phenoxy) is 2. The molecule has 1 aromatic carbocycles. The third kappa shape index (κ3) is 2.99. The smallest absolute Gasteiger partial charge is 0.370 e. The first kappa shape index (κ1) is 16.4. The van der Waals surface area contributed by atoms with Crippen molar-refractivity contribution in [3.63, 3.8) is 0 Å². The van der Waals surface area contributed by atoms with E-state index in [2.05, 4.69) is 35.8 Å². The van der Waals surface area contributed by atoms with Gasteiger partial charge in [-0.1, -0.05) is 19.9 Å². The second-order valence-corrected chi connectivity index (χ2v) is 7.68. The third-order valence-corrected chi connectivity index (χ3v) is 5.38. The fraction of sp³-hybridized carbons (Fsp3) is 0.500. The zero-order chi connectivity index (χ0) is 16.8. The quantitative estimate of drug-likeness (QED) is 0.840. The summed E-state index contributed by atoms with van der Waals surface area (Å²) in [6.07, 6.45) is 4.84. The highest BCUT2D eigenvalue weighted by Crippen LogP contribution is 2.46. The second kappa shape index (κ2) is 5.86. The van der Waals surface area contributed by atoms with E-state index < -0.39 is 12.3 Å². The van der Waals surface area contributed by atoms with Gasteiger partial charge in [0.2, 0.25) is 12.0 Å². The molecule has 1 aliphatic carbocycles. The molecule has 0 radical (unpaired) electrons. The Morgan fingerprint density at radius 3 is 2.87 bits per heavy atom. The van der Waals surface area contributed by atoms with E-state index in [4.69, 9.17) is 14.6 Å². The fourth-order valence-corrected chi connectivity index (χ4v) is 4.73. The maximum absolute atomic E-state index is 11.0. The van der Waals surface area contributed by atoms with Crippen LogP contribution in [0.4, 0.5) is 0 Å². The van der Waals surface area contributed by atoms with Gasteiger partial charge in [-0.2, -0.15) is 0 Å². The maximum atomic E-state index is 11.0. The van der Waals surface area contributed by atoms with Crippen LogP contribution >= 0.6 is 15.9 Å². The standard InChI is InChI=1S/C18H21BrO4/c1-10-9-11-5-4-8-18(2,3)14(11)15(19)16(10)23-13-7-6-12(22-13)17(20)21/h6,9,13H,4-5,7-8H2,1-3H3,(H,20,21). The van der Waals surface area contributed by atoms with Crippen molar-refractivity contribution in [2.24, 2.45) is 0 Å². The lowest BCUT2D eigenvalue weighted by Gasteiger charge is -2.35. The van der Waals surface area contributed by atoms with E-state index in [1.165, 1.54) is 17.5 Å². The van der Waals surface area contributed by atoms with Crippen LogP contribution in [0, 0.1) is 6.92 Å². The van der Waals surface area contributed by atoms with Crippen molar-refractivity contribution in [3.8, 4) is 5.75 Å². The molecule has 1 heterocycles. The van der Waals surface area contributed by atoms with Gasteiger partial charge in [0.25, 0.3) is 0 Å². The zero-order valence-electron chi connectivity index (χ0n) is 13.6. The molecule has 0 saturated carbocycles. The van der Waals surface area contributed by atoms with Crippen LogP contribution in [0.5, 0.6) is 5.75 Å². The summed E-state index contributed by atoms with van der Waals surface area (Å²) in [5.74, 6) is -0.343. The maximum Gasteiger partial charge on any atom is 0.370 e. The van der Waals surface area contributed by atoms with Gasteiger partial charge in [0.15, 0.2) is 0 Å². The Bertz CT molecular complexity index is 691. The lowest BCUT2D eigenvalue weighted by atomic mass is 9.72. The van der Waals surface area contributed by atoms with Gasteiger partial charge in [0.05, 0.1) is 4.47 Å². The summed E-state index contributed by atoms with van der Waals surface area (Å²) in [6.45, 7) is 6.53. The number of carbonyl (C=O) groups is 1. The first-order chi connectivity index (χ1) is 10.8. The van der Waals surface area contributed by atoms with Crippen molar-refractivity contribution < 1.29 is 19.4 Å². The van der Waals surface area contributed by atoms with E-state index in [-0.39, 0.29) is 11.2 Å². The van der Waals surface area contributed by atoms with E-state index in [1.54, 1.807) is 6.08 Å². The number of hydrogen-bond donors (Lipinski definition) is 1. The minimum Gasteiger partial charge on any atom is -0.475 e. The molecule has 1 atom stereocenters. The normalized spacial score (nSPS) is 22.1. The third-order valence-electron chi connectivity index (χ3n) is 4.63. The number of carboxylic acid groups (broad SMARTS) is 1. The summed E-state index contributed by atoms with van der Waals surface area (Å²) in [5.41, 5.74) is 3.81. The highest BCUT2D eigenvalue weighted by atomic mass is 79.9. The Morgan fingerprint density at radius 2 is 2.22 bits per heavy atom. The molecule has 3 rings (SSSR count). The van der Waals surface area contributed by atoms with Crippen LogP contribution < -0.4 is 4.74 Å². The summed E-state index contributed by atoms with van der Waals surface area (Å²) < 4.78 is 12.3. The Hall–Kier alpha value is -1.49. The molecule has 2 aliphatic rings. The Kier molecular flexibility index (Phi) is 4.17. The van der Waals surface area contributed by atoms with Gasteiger partial charge in [-0.3, -0.25) is 0 Å². The predicted molar refractivity (Wildman–Crippen MR) is 90.7 cm³/mol. The number of fused-ring (bicyclic) bond motifs is 1. The van der Waals surface area contributed by atoms with Crippen molar-refractivity contribution in [2.75, 3.05) is 0 Å². The van der Waals surface area contributed by atoms with Crippen LogP contribution in [0.3, 0.4) is 0 Å². The molecule has 0 aromatic heterocycles. The van der Waals surface area contributed by atoms with Crippen LogP contribution in [-0.2, 0) is 21.4 Å². The number of halogens is 1. The lowest BCUT2D eigenvalue weighted by Crippen LogP contribution is -2.26. The molecule has 5 heteroatoms. The van der Waals surface area contributed by atoms with Crippen LogP contribution in [0.15, 0.2) is 22.4 Å². The molecule has 23 heavy (non-hydrogen) atoms. The number of aryl methyl sites for hydroxylation is 2. The molecule has 124 valence electrons. The van der Waals surface area contributed by atoms with Gasteiger partial charge in [0, 0.05) is 6.42 Å². The Balaban J connectivity index is 1.91. The average molecular weight is 381 g/mol. The van der Waals surface area contributed by atoms with Gasteiger partial charge in [0.1, 0.15) is 5.75 Å². The van der Waals surface area contributed by atoms with E-state index >= 15 is 0 Å². The Labute approximate surface area is 144 Å². The van der Waals surface area contributed by atoms with Crippen molar-refractivity contribution in [2.45, 2.75) is 58.2 Å². The number of benzene rings is 1. The molecule has 1 aromatic rings. The SMILES string of the molecule is Cc1cc2c(c(Br)c1OC1CC=C(C(=O)O)O1)C(C)(C)CCC2. The molecule has 4 nitrogen and oxygen atoms in total. The van der Waals surface area contributed by atoms with E-state index in [1.807, 2.05) is 6.92 Å². The topological polar surface area (TPSA) is 55.8 Å². The van der Waals surface area contributed by atoms with Gasteiger partial charge in [-0.05, 0) is 70.3 Å². The molecule has 0 saturated heterocycles. The van der Waals surface area contributed by atoms with Crippen molar-refractivity contribution in [1.82, 2.24) is 0 Å². The molecular weight excluding hydrogens is 360 g/mol. The van der Waals surface area contributed by atoms with E-state index in [0.717, 1.165) is 28.6 Å². The molecule has 1 aliphatic heterocycles. The lowest BCUT2D eigenvalue weighted by molar-refractivity contribution is -0.140. The summed E-state index contributed by atoms with van der Waals surface area (Å²) in [4.78, 5) is 11.0. The Morgan fingerprint density at radius 1 is 1.48 bits per heavy atom. The summed E-state index contributed by atoms with van der Waals surface area (Å²) >= 11 is 3.73. The number of hydrogen-bond acceptors (Lipinski definition) is 3. The van der Waals surface area contributed by atoms with Crippen molar-refractivity contribution >= 4 is 21.9 Å². The van der Waals surface area contributed by atoms with E-state index in [0.29, 0.717) is 6.42 Å². The van der Waals surface area contributed by atoms with Gasteiger partial charge in [-0.15, -0.1) is 0 Å². The fourth-order valence-electron chi connectivity index (χ4n) is 3.53. The second-order valence-electron chi connectivity index (χ2n) is 6.88. The zero-order valence-corrected chi connectivity index (χ0v) is 15.2. The molecule has 0 bridgehead atoms. The first-order valence-electron chi connectivity index (χ1n) is 7.89.